The number of ketones is 1. The van der Waals surface area contributed by atoms with Gasteiger partial charge < -0.3 is 15.4 Å². The second-order valence-corrected chi connectivity index (χ2v) is 12.4. The summed E-state index contributed by atoms with van der Waals surface area (Å²) in [6.45, 7) is 1.90. The number of pyridine rings is 1. The molecule has 0 fully saturated rings. The van der Waals surface area contributed by atoms with Gasteiger partial charge in [-0.1, -0.05) is 17.7 Å². The second-order valence-electron chi connectivity index (χ2n) is 10.6. The number of halogens is 3. The van der Waals surface area contributed by atoms with E-state index in [0.717, 1.165) is 10.4 Å². The maximum Gasteiger partial charge on any atom is 0.471 e. The zero-order valence-corrected chi connectivity index (χ0v) is 24.7. The maximum absolute atomic E-state index is 14.2. The third-order valence-corrected chi connectivity index (χ3v) is 9.52. The Morgan fingerprint density at radius 3 is 2.59 bits per heavy atom. The van der Waals surface area contributed by atoms with E-state index in [-0.39, 0.29) is 48.6 Å². The van der Waals surface area contributed by atoms with Crippen molar-refractivity contribution in [1.29, 1.82) is 5.26 Å². The van der Waals surface area contributed by atoms with Gasteiger partial charge in [-0.05, 0) is 67.6 Å². The largest absolute Gasteiger partial charge is 0.471 e. The summed E-state index contributed by atoms with van der Waals surface area (Å²) < 4.78 is 73.7. The Kier molecular flexibility index (Phi) is 9.29. The first-order chi connectivity index (χ1) is 20.6. The monoisotopic (exact) mass is 633 g/mol. The first kappa shape index (κ1) is 32.8. The molecule has 44 heavy (non-hydrogen) atoms. The molecule has 4 rings (SSSR count). The van der Waals surface area contributed by atoms with Crippen molar-refractivity contribution in [2.24, 2.45) is 5.73 Å². The molecule has 0 saturated carbocycles. The predicted octanol–water partition coefficient (Wildman–Crippen LogP) is 2.18. The van der Waals surface area contributed by atoms with Crippen LogP contribution < -0.4 is 5.73 Å². The van der Waals surface area contributed by atoms with Gasteiger partial charge >= 0.3 is 18.1 Å². The highest BCUT2D eigenvalue weighted by atomic mass is 32.2. The first-order valence-corrected chi connectivity index (χ1v) is 15.1. The summed E-state index contributed by atoms with van der Waals surface area (Å²) in [7, 11) is -4.69. The van der Waals surface area contributed by atoms with Gasteiger partial charge in [-0.25, -0.2) is 18.2 Å². The fraction of sp³-hybridized carbons (Fsp3) is 0.414. The molecule has 3 heterocycles. The van der Waals surface area contributed by atoms with Crippen molar-refractivity contribution < 1.29 is 40.7 Å². The van der Waals surface area contributed by atoms with E-state index in [9.17, 15) is 41.2 Å². The van der Waals surface area contributed by atoms with E-state index >= 15 is 0 Å². The molecule has 2 aromatic rings. The Labute approximate surface area is 252 Å². The fourth-order valence-corrected chi connectivity index (χ4v) is 7.18. The van der Waals surface area contributed by atoms with E-state index in [4.69, 9.17) is 10.5 Å². The fourth-order valence-electron chi connectivity index (χ4n) is 5.49. The van der Waals surface area contributed by atoms with E-state index in [0.29, 0.717) is 21.6 Å². The molecule has 1 unspecified atom stereocenters. The molecule has 234 valence electrons. The Hall–Kier alpha value is -4.13. The standard InChI is InChI=1S/C29H30F3N5O6S/c1-3-43-27(40)28(25(38)24(34)13-19-6-9-35-22(12-19)16-33)15-18(2)7-11-37(28)44(41,42)23-5-4-20-8-10-36(17-21(20)14-23)26(39)29(30,31)32/h4-7,9,12,14,24H,3,8,10-11,13,15,17,34H2,1-2H3/t24?,28-/m1/s1. The Morgan fingerprint density at radius 2 is 1.93 bits per heavy atom. The van der Waals surface area contributed by atoms with Crippen LogP contribution in [0.3, 0.4) is 0 Å². The summed E-state index contributed by atoms with van der Waals surface area (Å²) in [6.07, 6.45) is -2.62. The van der Waals surface area contributed by atoms with Gasteiger partial charge in [-0.2, -0.15) is 22.7 Å². The second kappa shape index (κ2) is 12.5. The van der Waals surface area contributed by atoms with Crippen LogP contribution in [0.4, 0.5) is 13.2 Å². The highest BCUT2D eigenvalue weighted by molar-refractivity contribution is 7.89. The molecule has 1 amide bonds. The first-order valence-electron chi connectivity index (χ1n) is 13.6. The number of carbonyl (C=O) groups is 3. The van der Waals surface area contributed by atoms with Crippen molar-refractivity contribution in [2.45, 2.75) is 62.3 Å². The van der Waals surface area contributed by atoms with Gasteiger partial charge in [-0.15, -0.1) is 0 Å². The number of hydrogen-bond donors (Lipinski definition) is 1. The molecule has 15 heteroatoms. The molecule has 2 aliphatic heterocycles. The molecule has 2 atom stereocenters. The molecule has 11 nitrogen and oxygen atoms in total. The average molecular weight is 634 g/mol. The maximum atomic E-state index is 14.2. The SMILES string of the molecule is CCOC(=O)[C@]1(C(=O)C(N)Cc2ccnc(C#N)c2)CC(C)=CCN1S(=O)(=O)c1ccc2c(c1)CN(C(=O)C(F)(F)F)CC2. The summed E-state index contributed by atoms with van der Waals surface area (Å²) >= 11 is 0. The number of alkyl halides is 3. The van der Waals surface area contributed by atoms with Gasteiger partial charge in [0.2, 0.25) is 10.0 Å². The average Bonchev–Trinajstić information content (AvgIpc) is 2.99. The van der Waals surface area contributed by atoms with E-state index < -0.39 is 58.5 Å². The predicted molar refractivity (Wildman–Crippen MR) is 149 cm³/mol. The minimum Gasteiger partial charge on any atom is -0.464 e. The summed E-state index contributed by atoms with van der Waals surface area (Å²) in [5.41, 5.74) is 5.74. The third kappa shape index (κ3) is 6.23. The molecule has 0 radical (unpaired) electrons. The van der Waals surface area contributed by atoms with Crippen LogP contribution in [0.5, 0.6) is 0 Å². The lowest BCUT2D eigenvalue weighted by molar-refractivity contribution is -0.186. The number of nitriles is 1. The number of ether oxygens (including phenoxy) is 1. The van der Waals surface area contributed by atoms with Crippen molar-refractivity contribution >= 4 is 27.7 Å². The van der Waals surface area contributed by atoms with E-state index in [2.05, 4.69) is 4.98 Å². The molecular formula is C29H30F3N5O6S. The van der Waals surface area contributed by atoms with Gasteiger partial charge in [0.15, 0.2) is 11.3 Å². The number of benzene rings is 1. The minimum absolute atomic E-state index is 0.0748. The normalized spacial score (nSPS) is 19.8. The van der Waals surface area contributed by atoms with Gasteiger partial charge in [0.05, 0.1) is 17.5 Å². The van der Waals surface area contributed by atoms with Gasteiger partial charge in [-0.3, -0.25) is 9.59 Å². The molecule has 0 spiro atoms. The van der Waals surface area contributed by atoms with Crippen molar-refractivity contribution in [2.75, 3.05) is 19.7 Å². The zero-order valence-electron chi connectivity index (χ0n) is 23.9. The topological polar surface area (TPSA) is 164 Å². The number of nitrogens with two attached hydrogens (primary N) is 1. The van der Waals surface area contributed by atoms with E-state index in [1.807, 2.05) is 6.07 Å². The number of rotatable bonds is 8. The number of aromatic nitrogens is 1. The number of nitrogens with zero attached hydrogens (tertiary/aromatic N) is 4. The number of hydrogen-bond acceptors (Lipinski definition) is 9. The Balaban J connectivity index is 1.77. The summed E-state index contributed by atoms with van der Waals surface area (Å²) in [4.78, 5) is 43.8. The molecule has 0 aliphatic carbocycles. The molecule has 0 saturated heterocycles. The number of fused-ring (bicyclic) bond motifs is 1. The van der Waals surface area contributed by atoms with Crippen LogP contribution in [0.2, 0.25) is 0 Å². The van der Waals surface area contributed by atoms with Crippen LogP contribution in [0, 0.1) is 11.3 Å². The van der Waals surface area contributed by atoms with E-state index in [1.165, 1.54) is 43.5 Å². The number of Topliss-reactive ketones (excluding diaryl/α,β-unsaturated/α-hetero) is 1. The van der Waals surface area contributed by atoms with Gasteiger partial charge in [0.1, 0.15) is 11.8 Å². The van der Waals surface area contributed by atoms with Gasteiger partial charge in [0.25, 0.3) is 0 Å². The van der Waals surface area contributed by atoms with Crippen molar-refractivity contribution in [3.05, 3.63) is 70.6 Å². The van der Waals surface area contributed by atoms with Gasteiger partial charge in [0, 0.05) is 32.3 Å². The third-order valence-electron chi connectivity index (χ3n) is 7.63. The van der Waals surface area contributed by atoms with Crippen LogP contribution in [0.1, 0.15) is 42.7 Å². The summed E-state index contributed by atoms with van der Waals surface area (Å²) in [5, 5.41) is 9.17. The minimum atomic E-state index is -5.09. The Morgan fingerprint density at radius 1 is 1.20 bits per heavy atom. The van der Waals surface area contributed by atoms with E-state index in [1.54, 1.807) is 6.92 Å². The number of amides is 1. The van der Waals surface area contributed by atoms with Crippen LogP contribution in [-0.2, 0) is 48.5 Å². The highest BCUT2D eigenvalue weighted by Gasteiger charge is 2.58. The molecular weight excluding hydrogens is 603 g/mol. The molecule has 1 aromatic carbocycles. The quantitative estimate of drug-likeness (QED) is 0.261. The smallest absolute Gasteiger partial charge is 0.464 e. The van der Waals surface area contributed by atoms with Crippen molar-refractivity contribution in [3.63, 3.8) is 0 Å². The summed E-state index contributed by atoms with van der Waals surface area (Å²) in [6, 6.07) is 7.29. The van der Waals surface area contributed by atoms with Crippen LogP contribution >= 0.6 is 0 Å². The lowest BCUT2D eigenvalue weighted by atomic mass is 9.80. The van der Waals surface area contributed by atoms with Crippen LogP contribution in [0.25, 0.3) is 0 Å². The lowest BCUT2D eigenvalue weighted by Gasteiger charge is -2.43. The molecule has 2 N–H and O–H groups in total. The Bertz CT molecular complexity index is 1670. The number of esters is 1. The van der Waals surface area contributed by atoms with Crippen molar-refractivity contribution in [1.82, 2.24) is 14.2 Å². The highest BCUT2D eigenvalue weighted by Crippen LogP contribution is 2.38. The lowest BCUT2D eigenvalue weighted by Crippen LogP contribution is -2.67. The number of sulfonamides is 1. The molecule has 2 aliphatic rings. The zero-order chi connectivity index (χ0) is 32.4. The van der Waals surface area contributed by atoms with Crippen LogP contribution in [-0.4, -0.2) is 77.7 Å². The van der Waals surface area contributed by atoms with Crippen molar-refractivity contribution in [3.8, 4) is 6.07 Å². The molecule has 0 bridgehead atoms. The number of carbonyl (C=O) groups excluding carboxylic acids is 3. The van der Waals surface area contributed by atoms with Crippen LogP contribution in [0.15, 0.2) is 53.1 Å². The molecule has 1 aromatic heterocycles. The summed E-state index contributed by atoms with van der Waals surface area (Å²) in [5.74, 6) is -4.09.